The summed E-state index contributed by atoms with van der Waals surface area (Å²) < 4.78 is 0. The predicted octanol–water partition coefficient (Wildman–Crippen LogP) is 3.14. The van der Waals surface area contributed by atoms with Crippen molar-refractivity contribution in [2.75, 3.05) is 6.54 Å². The second-order valence-corrected chi connectivity index (χ2v) is 6.46. The third kappa shape index (κ3) is 5.04. The molecule has 0 radical (unpaired) electrons. The number of urea groups is 1. The predicted molar refractivity (Wildman–Crippen MR) is 82.4 cm³/mol. The highest BCUT2D eigenvalue weighted by atomic mass is 32.1. The van der Waals surface area contributed by atoms with E-state index in [9.17, 15) is 14.7 Å². The fourth-order valence-corrected chi connectivity index (χ4v) is 3.53. The summed E-state index contributed by atoms with van der Waals surface area (Å²) >= 11 is 1.32. The molecule has 6 heteroatoms. The molecular formula is C15H22N2O3S. The molecule has 3 N–H and O–H groups in total. The highest BCUT2D eigenvalue weighted by Gasteiger charge is 2.23. The minimum Gasteiger partial charge on any atom is -0.479 e. The van der Waals surface area contributed by atoms with Gasteiger partial charge < -0.3 is 15.7 Å². The highest BCUT2D eigenvalue weighted by Crippen LogP contribution is 2.25. The molecule has 1 aliphatic rings. The van der Waals surface area contributed by atoms with Gasteiger partial charge in [-0.25, -0.2) is 9.59 Å². The largest absolute Gasteiger partial charge is 0.479 e. The van der Waals surface area contributed by atoms with E-state index in [0.29, 0.717) is 17.3 Å². The quantitative estimate of drug-likeness (QED) is 0.755. The van der Waals surface area contributed by atoms with Crippen LogP contribution in [0.1, 0.15) is 49.4 Å². The molecule has 1 aromatic heterocycles. The minimum absolute atomic E-state index is 0.411. The minimum atomic E-state index is -1.04. The Morgan fingerprint density at radius 1 is 1.33 bits per heavy atom. The number of carboxylic acids is 1. The fraction of sp³-hybridized carbons (Fsp3) is 0.600. The number of hydrogen-bond donors (Lipinski definition) is 3. The van der Waals surface area contributed by atoms with Gasteiger partial charge in [0.05, 0.1) is 0 Å². The van der Waals surface area contributed by atoms with Crippen LogP contribution in [0.3, 0.4) is 0 Å². The molecule has 1 atom stereocenters. The first-order chi connectivity index (χ1) is 10.2. The third-order valence-corrected chi connectivity index (χ3v) is 4.85. The van der Waals surface area contributed by atoms with Crippen molar-refractivity contribution in [1.82, 2.24) is 10.6 Å². The third-order valence-electron chi connectivity index (χ3n) is 3.91. The maximum Gasteiger partial charge on any atom is 0.331 e. The van der Waals surface area contributed by atoms with Gasteiger partial charge in [-0.3, -0.25) is 0 Å². The average molecular weight is 310 g/mol. The summed E-state index contributed by atoms with van der Waals surface area (Å²) in [4.78, 5) is 23.7. The number of amides is 2. The molecule has 1 aromatic rings. The number of aliphatic carboxylic acids is 1. The van der Waals surface area contributed by atoms with E-state index in [1.807, 2.05) is 0 Å². The van der Waals surface area contributed by atoms with Gasteiger partial charge in [-0.2, -0.15) is 0 Å². The van der Waals surface area contributed by atoms with Crippen molar-refractivity contribution < 1.29 is 14.7 Å². The van der Waals surface area contributed by atoms with Crippen LogP contribution >= 0.6 is 11.3 Å². The number of carbonyl (C=O) groups excluding carboxylic acids is 1. The number of rotatable bonds is 6. The Morgan fingerprint density at radius 3 is 2.71 bits per heavy atom. The van der Waals surface area contributed by atoms with Gasteiger partial charge in [0.1, 0.15) is 0 Å². The Balaban J connectivity index is 1.73. The lowest BCUT2D eigenvalue weighted by Crippen LogP contribution is -2.41. The lowest BCUT2D eigenvalue weighted by molar-refractivity contribution is -0.139. The van der Waals surface area contributed by atoms with Crippen LogP contribution < -0.4 is 10.6 Å². The van der Waals surface area contributed by atoms with Crippen LogP contribution in [0, 0.1) is 5.92 Å². The zero-order valence-corrected chi connectivity index (χ0v) is 12.8. The zero-order chi connectivity index (χ0) is 15.1. The molecule has 0 spiro atoms. The molecule has 1 heterocycles. The summed E-state index contributed by atoms with van der Waals surface area (Å²) in [6, 6.07) is 2.11. The van der Waals surface area contributed by atoms with Gasteiger partial charge in [0, 0.05) is 11.4 Å². The van der Waals surface area contributed by atoms with Gasteiger partial charge in [0.2, 0.25) is 0 Å². The van der Waals surface area contributed by atoms with Gasteiger partial charge in [-0.05, 0) is 23.8 Å². The number of carboxylic acid groups (broad SMARTS) is 1. The Kier molecular flexibility index (Phi) is 6.04. The average Bonchev–Trinajstić information content (AvgIpc) is 2.99. The normalized spacial score (nSPS) is 17.1. The first-order valence-electron chi connectivity index (χ1n) is 7.47. The molecule has 5 nitrogen and oxygen atoms in total. The summed E-state index contributed by atoms with van der Waals surface area (Å²) in [5.41, 5.74) is 0. The fourth-order valence-electron chi connectivity index (χ4n) is 2.76. The summed E-state index contributed by atoms with van der Waals surface area (Å²) in [5.74, 6) is -0.341. The molecule has 1 unspecified atom stereocenters. The Bertz CT molecular complexity index is 455. The maximum absolute atomic E-state index is 11.8. The van der Waals surface area contributed by atoms with Crippen molar-refractivity contribution in [3.05, 3.63) is 22.4 Å². The Labute approximate surface area is 128 Å². The zero-order valence-electron chi connectivity index (χ0n) is 12.0. The van der Waals surface area contributed by atoms with Gasteiger partial charge in [0.15, 0.2) is 6.04 Å². The standard InChI is InChI=1S/C15H22N2O3S/c18-14(19)13(12-7-4-10-21-12)17-15(20)16-9-8-11-5-2-1-3-6-11/h4,7,10-11,13H,1-3,5-6,8-9H2,(H,18,19)(H2,16,17,20). The van der Waals surface area contributed by atoms with Crippen molar-refractivity contribution in [3.63, 3.8) is 0 Å². The van der Waals surface area contributed by atoms with Gasteiger partial charge >= 0.3 is 12.0 Å². The van der Waals surface area contributed by atoms with Crippen molar-refractivity contribution in [3.8, 4) is 0 Å². The van der Waals surface area contributed by atoms with E-state index in [1.165, 1.54) is 43.4 Å². The molecule has 1 aliphatic carbocycles. The topological polar surface area (TPSA) is 78.4 Å². The highest BCUT2D eigenvalue weighted by molar-refractivity contribution is 7.10. The van der Waals surface area contributed by atoms with Crippen molar-refractivity contribution in [2.24, 2.45) is 5.92 Å². The van der Waals surface area contributed by atoms with Crippen LogP contribution in [-0.2, 0) is 4.79 Å². The molecule has 2 rings (SSSR count). The lowest BCUT2D eigenvalue weighted by atomic mass is 9.87. The van der Waals surface area contributed by atoms with Gasteiger partial charge in [-0.1, -0.05) is 38.2 Å². The maximum atomic E-state index is 11.8. The molecule has 21 heavy (non-hydrogen) atoms. The number of nitrogens with one attached hydrogen (secondary N) is 2. The first kappa shape index (κ1) is 15.8. The molecule has 0 aromatic carbocycles. The van der Waals surface area contributed by atoms with Crippen molar-refractivity contribution >= 4 is 23.3 Å². The van der Waals surface area contributed by atoms with Crippen LogP contribution in [0.25, 0.3) is 0 Å². The number of carbonyl (C=O) groups is 2. The molecule has 0 aliphatic heterocycles. The molecule has 1 fully saturated rings. The van der Waals surface area contributed by atoms with E-state index in [4.69, 9.17) is 0 Å². The smallest absolute Gasteiger partial charge is 0.331 e. The SMILES string of the molecule is O=C(NCCC1CCCCC1)NC(C(=O)O)c1cccs1. The van der Waals surface area contributed by atoms with E-state index < -0.39 is 18.0 Å². The molecular weight excluding hydrogens is 288 g/mol. The Morgan fingerprint density at radius 2 is 2.10 bits per heavy atom. The van der Waals surface area contributed by atoms with Crippen LogP contribution in [0.2, 0.25) is 0 Å². The summed E-state index contributed by atoms with van der Waals surface area (Å²) in [5, 5.41) is 16.3. The Hall–Kier alpha value is -1.56. The van der Waals surface area contributed by atoms with E-state index in [2.05, 4.69) is 10.6 Å². The monoisotopic (exact) mass is 310 g/mol. The van der Waals surface area contributed by atoms with E-state index in [1.54, 1.807) is 17.5 Å². The molecule has 116 valence electrons. The van der Waals surface area contributed by atoms with E-state index in [0.717, 1.165) is 6.42 Å². The molecule has 1 saturated carbocycles. The van der Waals surface area contributed by atoms with Crippen LogP contribution in [0.15, 0.2) is 17.5 Å². The number of thiophene rings is 1. The van der Waals surface area contributed by atoms with Crippen LogP contribution in [0.5, 0.6) is 0 Å². The summed E-state index contributed by atoms with van der Waals surface area (Å²) in [6.45, 7) is 0.604. The van der Waals surface area contributed by atoms with E-state index >= 15 is 0 Å². The summed E-state index contributed by atoms with van der Waals surface area (Å²) in [6.07, 6.45) is 7.37. The number of hydrogen-bond acceptors (Lipinski definition) is 3. The van der Waals surface area contributed by atoms with Gasteiger partial charge in [-0.15, -0.1) is 11.3 Å². The lowest BCUT2D eigenvalue weighted by Gasteiger charge is -2.21. The summed E-state index contributed by atoms with van der Waals surface area (Å²) in [7, 11) is 0. The van der Waals surface area contributed by atoms with Crippen LogP contribution in [0.4, 0.5) is 4.79 Å². The first-order valence-corrected chi connectivity index (χ1v) is 8.35. The van der Waals surface area contributed by atoms with E-state index in [-0.39, 0.29) is 0 Å². The second kappa shape index (κ2) is 8.02. The van der Waals surface area contributed by atoms with Crippen molar-refractivity contribution in [1.29, 1.82) is 0 Å². The molecule has 2 amide bonds. The van der Waals surface area contributed by atoms with Crippen molar-refractivity contribution in [2.45, 2.75) is 44.6 Å². The second-order valence-electron chi connectivity index (χ2n) is 5.48. The molecule has 0 bridgehead atoms. The van der Waals surface area contributed by atoms with Crippen LogP contribution in [-0.4, -0.2) is 23.7 Å². The molecule has 0 saturated heterocycles. The van der Waals surface area contributed by atoms with Gasteiger partial charge in [0.25, 0.3) is 0 Å².